The average Bonchev–Trinajstić information content (AvgIpc) is 2.74. The Hall–Kier alpha value is -3.85. The molecule has 0 heterocycles. The van der Waals surface area contributed by atoms with Gasteiger partial charge in [0.15, 0.2) is 0 Å². The van der Waals surface area contributed by atoms with E-state index >= 15 is 0 Å². The zero-order valence-corrected chi connectivity index (χ0v) is 17.8. The SMILES string of the molecule is NC(=S)c1ccc(OC(=O)Cc2ccc3cc(OC(=O)CCC[N+](=O)[O-])ccc3c2)cc1. The number of carbonyl (C=O) groups excluding carboxylic acids is 2. The Morgan fingerprint density at radius 1 is 0.906 bits per heavy atom. The maximum Gasteiger partial charge on any atom is 0.315 e. The molecule has 0 aliphatic rings. The first-order valence-corrected chi connectivity index (χ1v) is 10.2. The Labute approximate surface area is 189 Å². The minimum Gasteiger partial charge on any atom is -0.427 e. The lowest BCUT2D eigenvalue weighted by Crippen LogP contribution is -2.12. The number of ether oxygens (including phenoxy) is 2. The molecule has 0 aromatic heterocycles. The van der Waals surface area contributed by atoms with Crippen molar-refractivity contribution in [2.75, 3.05) is 6.54 Å². The number of esters is 2. The fraction of sp³-hybridized carbons (Fsp3) is 0.174. The van der Waals surface area contributed by atoms with Crippen molar-refractivity contribution in [3.05, 3.63) is 81.9 Å². The number of benzene rings is 3. The molecule has 164 valence electrons. The normalized spacial score (nSPS) is 10.5. The van der Waals surface area contributed by atoms with E-state index in [1.54, 1.807) is 48.5 Å². The van der Waals surface area contributed by atoms with Crippen LogP contribution in [0.2, 0.25) is 0 Å². The number of hydrogen-bond donors (Lipinski definition) is 1. The number of hydrogen-bond acceptors (Lipinski definition) is 7. The Morgan fingerprint density at radius 2 is 1.53 bits per heavy atom. The van der Waals surface area contributed by atoms with Gasteiger partial charge in [0.25, 0.3) is 0 Å². The summed E-state index contributed by atoms with van der Waals surface area (Å²) in [5, 5.41) is 12.0. The summed E-state index contributed by atoms with van der Waals surface area (Å²) in [6.07, 6.45) is 0.186. The third-order valence-electron chi connectivity index (χ3n) is 4.55. The molecule has 2 N–H and O–H groups in total. The molecule has 0 amide bonds. The van der Waals surface area contributed by atoms with E-state index < -0.39 is 16.9 Å². The van der Waals surface area contributed by atoms with Crippen LogP contribution < -0.4 is 15.2 Å². The van der Waals surface area contributed by atoms with Crippen molar-refractivity contribution >= 4 is 39.9 Å². The summed E-state index contributed by atoms with van der Waals surface area (Å²) in [6, 6.07) is 17.2. The van der Waals surface area contributed by atoms with Crippen LogP contribution in [0.5, 0.6) is 11.5 Å². The summed E-state index contributed by atoms with van der Waals surface area (Å²) in [5.41, 5.74) is 7.01. The van der Waals surface area contributed by atoms with E-state index in [0.29, 0.717) is 17.1 Å². The van der Waals surface area contributed by atoms with Gasteiger partial charge in [0.05, 0.1) is 12.8 Å². The van der Waals surface area contributed by atoms with Crippen LogP contribution >= 0.6 is 12.2 Å². The van der Waals surface area contributed by atoms with Gasteiger partial charge in [-0.3, -0.25) is 19.7 Å². The van der Waals surface area contributed by atoms with Crippen LogP contribution in [-0.4, -0.2) is 28.4 Å². The van der Waals surface area contributed by atoms with E-state index in [9.17, 15) is 19.7 Å². The van der Waals surface area contributed by atoms with Crippen LogP contribution in [0.4, 0.5) is 0 Å². The Bertz CT molecular complexity index is 1180. The number of thiocarbonyl (C=S) groups is 1. The topological polar surface area (TPSA) is 122 Å². The number of rotatable bonds is 9. The molecule has 3 aromatic rings. The quantitative estimate of drug-likeness (QED) is 0.172. The summed E-state index contributed by atoms with van der Waals surface area (Å²) in [6.45, 7) is -0.273. The summed E-state index contributed by atoms with van der Waals surface area (Å²) < 4.78 is 10.6. The molecule has 0 aliphatic heterocycles. The monoisotopic (exact) mass is 452 g/mol. The molecular weight excluding hydrogens is 432 g/mol. The molecule has 0 saturated heterocycles. The van der Waals surface area contributed by atoms with Crippen LogP contribution in [0, 0.1) is 10.1 Å². The van der Waals surface area contributed by atoms with Gasteiger partial charge in [-0.15, -0.1) is 0 Å². The predicted molar refractivity (Wildman–Crippen MR) is 122 cm³/mol. The van der Waals surface area contributed by atoms with Gasteiger partial charge < -0.3 is 15.2 Å². The largest absolute Gasteiger partial charge is 0.427 e. The highest BCUT2D eigenvalue weighted by Gasteiger charge is 2.10. The Morgan fingerprint density at radius 3 is 2.22 bits per heavy atom. The Kier molecular flexibility index (Phi) is 7.45. The van der Waals surface area contributed by atoms with Crippen molar-refractivity contribution < 1.29 is 24.0 Å². The minimum absolute atomic E-state index is 0.0261. The minimum atomic E-state index is -0.521. The van der Waals surface area contributed by atoms with Crippen LogP contribution in [0.3, 0.4) is 0 Å². The van der Waals surface area contributed by atoms with Gasteiger partial charge in [-0.1, -0.05) is 36.5 Å². The van der Waals surface area contributed by atoms with Crippen LogP contribution in [0.15, 0.2) is 60.7 Å². The molecule has 0 fully saturated rings. The van der Waals surface area contributed by atoms with Gasteiger partial charge >= 0.3 is 11.9 Å². The molecule has 0 bridgehead atoms. The maximum atomic E-state index is 12.3. The molecule has 0 spiro atoms. The van der Waals surface area contributed by atoms with Gasteiger partial charge in [-0.2, -0.15) is 0 Å². The predicted octanol–water partition coefficient (Wildman–Crippen LogP) is 3.58. The van der Waals surface area contributed by atoms with Crippen molar-refractivity contribution in [3.63, 3.8) is 0 Å². The fourth-order valence-electron chi connectivity index (χ4n) is 3.00. The highest BCUT2D eigenvalue weighted by atomic mass is 32.1. The van der Waals surface area contributed by atoms with Gasteiger partial charge in [0.1, 0.15) is 16.5 Å². The molecule has 9 heteroatoms. The molecule has 0 unspecified atom stereocenters. The first-order chi connectivity index (χ1) is 15.3. The molecule has 0 saturated carbocycles. The zero-order valence-electron chi connectivity index (χ0n) is 17.0. The number of carbonyl (C=O) groups is 2. The van der Waals surface area contributed by atoms with E-state index in [4.69, 9.17) is 27.4 Å². The first-order valence-electron chi connectivity index (χ1n) is 9.76. The fourth-order valence-corrected chi connectivity index (χ4v) is 3.14. The second kappa shape index (κ2) is 10.5. The second-order valence-corrected chi connectivity index (χ2v) is 7.46. The summed E-state index contributed by atoms with van der Waals surface area (Å²) in [7, 11) is 0. The van der Waals surface area contributed by atoms with Gasteiger partial charge in [-0.05, 0) is 52.7 Å². The van der Waals surface area contributed by atoms with Crippen LogP contribution in [0.25, 0.3) is 10.8 Å². The molecule has 32 heavy (non-hydrogen) atoms. The van der Waals surface area contributed by atoms with Gasteiger partial charge in [0, 0.05) is 16.9 Å². The third-order valence-corrected chi connectivity index (χ3v) is 4.78. The number of nitrogens with two attached hydrogens (primary N) is 1. The van der Waals surface area contributed by atoms with Crippen LogP contribution in [0.1, 0.15) is 24.0 Å². The van der Waals surface area contributed by atoms with E-state index in [1.165, 1.54) is 0 Å². The molecule has 3 aromatic carbocycles. The highest BCUT2D eigenvalue weighted by molar-refractivity contribution is 7.80. The lowest BCUT2D eigenvalue weighted by molar-refractivity contribution is -0.480. The van der Waals surface area contributed by atoms with E-state index in [0.717, 1.165) is 16.3 Å². The number of nitrogens with zero attached hydrogens (tertiary/aromatic N) is 1. The summed E-state index contributed by atoms with van der Waals surface area (Å²) in [4.78, 5) is 34.2. The highest BCUT2D eigenvalue weighted by Crippen LogP contribution is 2.23. The van der Waals surface area contributed by atoms with Crippen LogP contribution in [-0.2, 0) is 16.0 Å². The molecule has 8 nitrogen and oxygen atoms in total. The standard InChI is InChI=1S/C23H20N2O6S/c24-23(32)16-5-8-19(9-6-16)30-22(27)13-15-3-4-18-14-20(10-7-17(18)12-15)31-21(26)2-1-11-25(28)29/h3-10,12,14H,1-2,11,13H2,(H2,24,32). The lowest BCUT2D eigenvalue weighted by Gasteiger charge is -2.08. The maximum absolute atomic E-state index is 12.3. The molecule has 0 radical (unpaired) electrons. The van der Waals surface area contributed by atoms with Gasteiger partial charge in [0.2, 0.25) is 6.54 Å². The molecule has 0 aliphatic carbocycles. The van der Waals surface area contributed by atoms with Crippen molar-refractivity contribution in [1.29, 1.82) is 0 Å². The third kappa shape index (κ3) is 6.58. The number of nitro groups is 1. The molecular formula is C23H20N2O6S. The van der Waals surface area contributed by atoms with E-state index in [2.05, 4.69) is 0 Å². The summed E-state index contributed by atoms with van der Waals surface area (Å²) in [5.74, 6) is -0.170. The smallest absolute Gasteiger partial charge is 0.315 e. The summed E-state index contributed by atoms with van der Waals surface area (Å²) >= 11 is 4.90. The average molecular weight is 452 g/mol. The second-order valence-electron chi connectivity index (χ2n) is 7.02. The number of fused-ring (bicyclic) bond motifs is 1. The van der Waals surface area contributed by atoms with Crippen molar-refractivity contribution in [1.82, 2.24) is 0 Å². The zero-order chi connectivity index (χ0) is 23.1. The van der Waals surface area contributed by atoms with E-state index in [-0.39, 0.29) is 30.8 Å². The molecule has 0 atom stereocenters. The van der Waals surface area contributed by atoms with Crippen molar-refractivity contribution in [2.24, 2.45) is 5.73 Å². The Balaban J connectivity index is 1.59. The van der Waals surface area contributed by atoms with Crippen molar-refractivity contribution in [2.45, 2.75) is 19.3 Å². The first kappa shape index (κ1) is 22.8. The lowest BCUT2D eigenvalue weighted by atomic mass is 10.0. The van der Waals surface area contributed by atoms with E-state index in [1.807, 2.05) is 12.1 Å². The van der Waals surface area contributed by atoms with Gasteiger partial charge in [-0.25, -0.2) is 0 Å². The molecule has 3 rings (SSSR count). The van der Waals surface area contributed by atoms with Crippen molar-refractivity contribution in [3.8, 4) is 11.5 Å².